The smallest absolute Gasteiger partial charge is 0.312 e. The molecule has 5 bridgehead atoms. The van der Waals surface area contributed by atoms with Gasteiger partial charge in [-0.1, -0.05) is 57.5 Å². The summed E-state index contributed by atoms with van der Waals surface area (Å²) in [5, 5.41) is 64.4. The summed E-state index contributed by atoms with van der Waals surface area (Å²) in [4.78, 5) is 46.2. The highest BCUT2D eigenvalue weighted by molar-refractivity contribution is 6.23. The number of phenols is 3. The van der Waals surface area contributed by atoms with Crippen molar-refractivity contribution in [1.29, 1.82) is 0 Å². The van der Waals surface area contributed by atoms with E-state index in [0.717, 1.165) is 38.3 Å². The molecule has 2 aromatic carbocycles. The van der Waals surface area contributed by atoms with Crippen molar-refractivity contribution in [3.8, 4) is 23.0 Å². The summed E-state index contributed by atoms with van der Waals surface area (Å²) >= 11 is 0. The van der Waals surface area contributed by atoms with Crippen LogP contribution in [0.3, 0.4) is 0 Å². The second-order valence-corrected chi connectivity index (χ2v) is 16.2. The number of esters is 1. The molecular formula is C44H58N2O13. The zero-order chi connectivity index (χ0) is 43.5. The van der Waals surface area contributed by atoms with Gasteiger partial charge in [0.2, 0.25) is 0 Å². The number of allylic oxidation sites excluding steroid dienone is 2. The van der Waals surface area contributed by atoms with Gasteiger partial charge in [-0.2, -0.15) is 0 Å². The lowest BCUT2D eigenvalue weighted by Crippen LogP contribution is -2.46. The molecule has 322 valence electrons. The van der Waals surface area contributed by atoms with Gasteiger partial charge in [-0.15, -0.1) is 0 Å². The number of anilines is 1. The molecule has 1 aliphatic carbocycles. The molecule has 9 unspecified atom stereocenters. The Labute approximate surface area is 344 Å². The molecule has 9 atom stereocenters. The van der Waals surface area contributed by atoms with Gasteiger partial charge < -0.3 is 54.6 Å². The second kappa shape index (κ2) is 18.4. The number of aliphatic hydroxyl groups excluding tert-OH is 2. The molecular weight excluding hydrogens is 764 g/mol. The molecule has 0 aromatic heterocycles. The first-order valence-electron chi connectivity index (χ1n) is 20.1. The summed E-state index contributed by atoms with van der Waals surface area (Å²) in [6.45, 7) is 12.5. The molecule has 4 aliphatic rings. The molecule has 0 radical (unpaired) electrons. The zero-order valence-corrected chi connectivity index (χ0v) is 35.1. The zero-order valence-electron chi connectivity index (χ0n) is 35.1. The maximum atomic E-state index is 14.4. The predicted octanol–water partition coefficient (Wildman–Crippen LogP) is 6.44. The average Bonchev–Trinajstić information content (AvgIpc) is 3.47. The van der Waals surface area contributed by atoms with Crippen molar-refractivity contribution in [1.82, 2.24) is 0 Å². The van der Waals surface area contributed by atoms with E-state index in [-0.39, 0.29) is 50.6 Å². The number of phenolic OH excluding ortho intramolecular Hbond substituents is 3. The maximum absolute atomic E-state index is 14.4. The van der Waals surface area contributed by atoms with Crippen LogP contribution in [-0.4, -0.2) is 92.8 Å². The lowest BCUT2D eigenvalue weighted by Gasteiger charge is -2.38. The predicted molar refractivity (Wildman–Crippen MR) is 219 cm³/mol. The highest BCUT2D eigenvalue weighted by atomic mass is 16.7. The number of nitrogens with one attached hydrogen (secondary N) is 1. The molecule has 3 aliphatic heterocycles. The molecule has 59 heavy (non-hydrogen) atoms. The molecule has 0 spiro atoms. The lowest BCUT2D eigenvalue weighted by molar-refractivity contribution is -0.160. The summed E-state index contributed by atoms with van der Waals surface area (Å²) in [7, 11) is 1.43. The van der Waals surface area contributed by atoms with Crippen molar-refractivity contribution in [2.24, 2.45) is 28.8 Å². The highest BCUT2D eigenvalue weighted by Crippen LogP contribution is 2.55. The Bertz CT molecular complexity index is 2050. The second-order valence-electron chi connectivity index (χ2n) is 16.2. The Morgan fingerprint density at radius 1 is 0.932 bits per heavy atom. The summed E-state index contributed by atoms with van der Waals surface area (Å²) < 4.78 is 23.6. The van der Waals surface area contributed by atoms with Crippen LogP contribution in [0.2, 0.25) is 0 Å². The van der Waals surface area contributed by atoms with Crippen LogP contribution < -0.4 is 10.1 Å². The van der Waals surface area contributed by atoms with Gasteiger partial charge in [0.05, 0.1) is 53.0 Å². The summed E-state index contributed by atoms with van der Waals surface area (Å²) in [6.07, 6.45) is 9.03. The van der Waals surface area contributed by atoms with Crippen LogP contribution in [0.15, 0.2) is 41.3 Å². The van der Waals surface area contributed by atoms with Crippen molar-refractivity contribution in [2.75, 3.05) is 12.4 Å². The van der Waals surface area contributed by atoms with Crippen LogP contribution >= 0.6 is 0 Å². The van der Waals surface area contributed by atoms with Gasteiger partial charge in [0.15, 0.2) is 5.75 Å². The Morgan fingerprint density at radius 3 is 2.25 bits per heavy atom. The van der Waals surface area contributed by atoms with Gasteiger partial charge in [-0.3, -0.25) is 14.4 Å². The van der Waals surface area contributed by atoms with E-state index in [1.807, 2.05) is 0 Å². The van der Waals surface area contributed by atoms with E-state index in [1.165, 1.54) is 53.2 Å². The summed E-state index contributed by atoms with van der Waals surface area (Å²) in [5.41, 5.74) is -0.511. The van der Waals surface area contributed by atoms with E-state index in [9.17, 15) is 39.9 Å². The fourth-order valence-electron chi connectivity index (χ4n) is 8.21. The fourth-order valence-corrected chi connectivity index (χ4v) is 8.21. The number of rotatable bonds is 5. The first kappa shape index (κ1) is 45.0. The number of hydrogen-bond acceptors (Lipinski definition) is 14. The largest absolute Gasteiger partial charge is 0.507 e. The quantitative estimate of drug-likeness (QED) is 0.0629. The van der Waals surface area contributed by atoms with Gasteiger partial charge in [0.1, 0.15) is 29.5 Å². The molecule has 1 saturated carbocycles. The number of carbonyl (C=O) groups is 3. The molecule has 15 heteroatoms. The van der Waals surface area contributed by atoms with Gasteiger partial charge in [0.25, 0.3) is 11.7 Å². The molecule has 15 nitrogen and oxygen atoms in total. The van der Waals surface area contributed by atoms with Crippen molar-refractivity contribution in [3.63, 3.8) is 0 Å². The number of carbonyl (C=O) groups excluding carboxylic acids is 3. The third kappa shape index (κ3) is 9.07. The number of ether oxygens (including phenoxy) is 4. The van der Waals surface area contributed by atoms with Gasteiger partial charge in [-0.25, -0.2) is 0 Å². The van der Waals surface area contributed by atoms with Gasteiger partial charge in [-0.05, 0) is 45.6 Å². The Balaban J connectivity index is 1.69. The third-order valence-electron chi connectivity index (χ3n) is 12.0. The number of oxime groups is 1. The molecule has 1 fully saturated rings. The van der Waals surface area contributed by atoms with Crippen molar-refractivity contribution in [2.45, 2.75) is 124 Å². The first-order chi connectivity index (χ1) is 27.8. The minimum atomic E-state index is -2.05. The number of nitrogens with zero attached hydrogens (tertiary/aromatic N) is 1. The van der Waals surface area contributed by atoms with E-state index in [4.69, 9.17) is 23.8 Å². The van der Waals surface area contributed by atoms with Crippen molar-refractivity contribution in [3.05, 3.63) is 52.8 Å². The molecule has 3 heterocycles. The van der Waals surface area contributed by atoms with E-state index in [0.29, 0.717) is 0 Å². The number of ketones is 1. The number of aliphatic hydroxyl groups is 2. The number of fused-ring (bicyclic) bond motifs is 14. The van der Waals surface area contributed by atoms with E-state index in [2.05, 4.69) is 10.5 Å². The number of Topliss-reactive ketones (excluding diaryl/α,β-unsaturated/α-hetero) is 1. The number of methoxy groups -OCH3 is 1. The maximum Gasteiger partial charge on any atom is 0.312 e. The molecule has 2 aromatic rings. The minimum absolute atomic E-state index is 0.0450. The number of aromatic hydroxyl groups is 3. The average molecular weight is 823 g/mol. The van der Waals surface area contributed by atoms with Crippen molar-refractivity contribution >= 4 is 40.3 Å². The van der Waals surface area contributed by atoms with Crippen LogP contribution in [-0.2, 0) is 28.6 Å². The fraction of sp³-hybridized carbons (Fsp3) is 0.545. The molecule has 1 amide bonds. The van der Waals surface area contributed by atoms with E-state index < -0.39 is 88.8 Å². The van der Waals surface area contributed by atoms with Crippen LogP contribution in [0.25, 0.3) is 10.8 Å². The Morgan fingerprint density at radius 2 is 1.61 bits per heavy atom. The summed E-state index contributed by atoms with van der Waals surface area (Å²) in [5.74, 6) is -8.50. The SMILES string of the molecule is COC1/C=C/OC2(C)Oc3c(C)c(O)c4c(O)c(c(/C=N/OC5CCCCC5)c(O)c4c3C2=O)NC(=O)/C(C)=C/C=C/C(C)C(O)C(C)C(O)C(C)C(OC(C)=O)C1C. The topological polar surface area (TPSA) is 223 Å². The Kier molecular flexibility index (Phi) is 14.0. The number of benzene rings is 2. The Hall–Kier alpha value is -5.12. The van der Waals surface area contributed by atoms with Crippen LogP contribution in [0.4, 0.5) is 5.69 Å². The van der Waals surface area contributed by atoms with Crippen LogP contribution in [0.1, 0.15) is 102 Å². The normalized spacial score (nSPS) is 31.9. The standard InChI is InChI=1S/C44H58N2O13/c1-21-14-13-15-22(2)43(54)46-34-29(20-45-59-28-16-11-10-12-17-28)38(51)31-32(39(34)52)37(50)26(6)41-33(31)42(53)44(8,58-41)56-19-18-30(55-9)23(3)40(57-27(7)47)25(5)36(49)24(4)35(21)48/h13-15,18-21,23-25,28,30,35-36,40,48-52H,10-12,16-17H2,1-9H3,(H,46,54)/b14-13+,19-18+,22-15+,45-20+. The number of amides is 1. The minimum Gasteiger partial charge on any atom is -0.507 e. The van der Waals surface area contributed by atoms with E-state index in [1.54, 1.807) is 39.8 Å². The monoisotopic (exact) mass is 822 g/mol. The lowest BCUT2D eigenvalue weighted by atomic mass is 9.78. The van der Waals surface area contributed by atoms with Crippen LogP contribution in [0.5, 0.6) is 23.0 Å². The molecule has 0 saturated heterocycles. The molecule has 6 rings (SSSR count). The first-order valence-corrected chi connectivity index (χ1v) is 20.1. The van der Waals surface area contributed by atoms with Gasteiger partial charge >= 0.3 is 11.8 Å². The summed E-state index contributed by atoms with van der Waals surface area (Å²) in [6, 6.07) is 0. The molecule has 6 N–H and O–H groups in total. The highest BCUT2D eigenvalue weighted by Gasteiger charge is 2.50. The van der Waals surface area contributed by atoms with Crippen molar-refractivity contribution < 1.29 is 63.7 Å². The van der Waals surface area contributed by atoms with Gasteiger partial charge in [0, 0.05) is 61.2 Å². The third-order valence-corrected chi connectivity index (χ3v) is 12.0. The van der Waals surface area contributed by atoms with E-state index >= 15 is 0 Å². The van der Waals surface area contributed by atoms with Crippen LogP contribution in [0, 0.1) is 30.6 Å². The number of hydrogen-bond donors (Lipinski definition) is 6.